The largest absolute Gasteiger partial charge is 0.377 e. The van der Waals surface area contributed by atoms with Crippen LogP contribution >= 0.6 is 11.3 Å². The van der Waals surface area contributed by atoms with Crippen LogP contribution in [0.4, 0.5) is 16.2 Å². The van der Waals surface area contributed by atoms with Crippen LogP contribution in [0.15, 0.2) is 54.6 Å². The van der Waals surface area contributed by atoms with Gasteiger partial charge in [-0.05, 0) is 29.7 Å². The van der Waals surface area contributed by atoms with Crippen molar-refractivity contribution in [1.29, 1.82) is 0 Å². The number of aromatic nitrogens is 3. The number of halogens is 1. The topological polar surface area (TPSA) is 124 Å². The SMILES string of the molecule is C1COCCO1.Nc1nc(N2CCN(S(=O)(=O)Cc3ccccc3)CC2)c2nc(CCc3ccc(F)cc3)sc2n1. The molecule has 0 unspecified atom stereocenters. The average Bonchev–Trinajstić information content (AvgIpc) is 3.41. The summed E-state index contributed by atoms with van der Waals surface area (Å²) in [6, 6.07) is 15.7. The lowest BCUT2D eigenvalue weighted by Crippen LogP contribution is -2.49. The lowest BCUT2D eigenvalue weighted by atomic mass is 10.1. The molecule has 41 heavy (non-hydrogen) atoms. The minimum Gasteiger partial charge on any atom is -0.377 e. The molecule has 2 aromatic carbocycles. The second-order valence-electron chi connectivity index (χ2n) is 9.65. The van der Waals surface area contributed by atoms with Crippen LogP contribution in [0.3, 0.4) is 0 Å². The van der Waals surface area contributed by atoms with Gasteiger partial charge in [0.2, 0.25) is 16.0 Å². The van der Waals surface area contributed by atoms with Gasteiger partial charge >= 0.3 is 0 Å². The third-order valence-corrected chi connectivity index (χ3v) is 9.57. The zero-order valence-corrected chi connectivity index (χ0v) is 24.2. The number of sulfonamides is 1. The Labute approximate surface area is 243 Å². The maximum absolute atomic E-state index is 13.2. The van der Waals surface area contributed by atoms with Crippen molar-refractivity contribution in [3.05, 3.63) is 76.5 Å². The van der Waals surface area contributed by atoms with Crippen LogP contribution in [0.2, 0.25) is 0 Å². The van der Waals surface area contributed by atoms with Crippen molar-refractivity contribution in [2.24, 2.45) is 0 Å². The van der Waals surface area contributed by atoms with E-state index in [-0.39, 0.29) is 17.5 Å². The highest BCUT2D eigenvalue weighted by molar-refractivity contribution is 7.88. The number of nitrogens with zero attached hydrogens (tertiary/aromatic N) is 5. The first-order chi connectivity index (χ1) is 19.9. The fourth-order valence-corrected chi connectivity index (χ4v) is 7.04. The molecule has 0 spiro atoms. The molecule has 6 rings (SSSR count). The van der Waals surface area contributed by atoms with Gasteiger partial charge in [0.05, 0.1) is 37.2 Å². The lowest BCUT2D eigenvalue weighted by molar-refractivity contribution is -0.0334. The monoisotopic (exact) mass is 600 g/mol. The first-order valence-corrected chi connectivity index (χ1v) is 15.9. The van der Waals surface area contributed by atoms with Crippen LogP contribution in [-0.4, -0.2) is 80.3 Å². The van der Waals surface area contributed by atoms with E-state index >= 15 is 0 Å². The summed E-state index contributed by atoms with van der Waals surface area (Å²) >= 11 is 1.47. The number of nitrogen functional groups attached to an aromatic ring is 1. The minimum atomic E-state index is -3.41. The molecule has 2 fully saturated rings. The molecule has 218 valence electrons. The Balaban J connectivity index is 0.000000500. The van der Waals surface area contributed by atoms with E-state index in [9.17, 15) is 12.8 Å². The molecule has 0 aliphatic carbocycles. The molecule has 0 atom stereocenters. The molecule has 4 heterocycles. The van der Waals surface area contributed by atoms with Gasteiger partial charge in [0.1, 0.15) is 11.3 Å². The van der Waals surface area contributed by atoms with Crippen molar-refractivity contribution < 1.29 is 22.3 Å². The Morgan fingerprint density at radius 2 is 1.49 bits per heavy atom. The summed E-state index contributed by atoms with van der Waals surface area (Å²) < 4.78 is 50.4. The van der Waals surface area contributed by atoms with Gasteiger partial charge in [-0.3, -0.25) is 0 Å². The number of nitrogens with two attached hydrogens (primary N) is 1. The fraction of sp³-hybridized carbons (Fsp3) is 0.393. The van der Waals surface area contributed by atoms with Crippen molar-refractivity contribution in [2.45, 2.75) is 18.6 Å². The predicted molar refractivity (Wildman–Crippen MR) is 158 cm³/mol. The number of hydrogen-bond acceptors (Lipinski definition) is 10. The molecular weight excluding hydrogens is 567 g/mol. The first kappa shape index (κ1) is 29.3. The number of fused-ring (bicyclic) bond motifs is 1. The Morgan fingerprint density at radius 1 is 0.829 bits per heavy atom. The van der Waals surface area contributed by atoms with E-state index in [1.54, 1.807) is 12.1 Å². The number of anilines is 2. The van der Waals surface area contributed by atoms with Crippen molar-refractivity contribution in [3.8, 4) is 0 Å². The molecule has 0 amide bonds. The maximum Gasteiger partial charge on any atom is 0.223 e. The molecule has 10 nitrogen and oxygen atoms in total. The van der Waals surface area contributed by atoms with Gasteiger partial charge in [-0.15, -0.1) is 0 Å². The van der Waals surface area contributed by atoms with Crippen LogP contribution in [-0.2, 0) is 38.1 Å². The van der Waals surface area contributed by atoms with Gasteiger partial charge in [-0.1, -0.05) is 53.8 Å². The summed E-state index contributed by atoms with van der Waals surface area (Å²) in [5.41, 5.74) is 8.48. The standard InChI is InChI=1S/C24H25FN6O2S2.C4H8O2/c25-19-9-6-17(7-10-19)8-11-20-27-21-22(28-24(26)29-23(21)34-20)30-12-14-31(15-13-30)35(32,33)16-18-4-2-1-3-5-18;1-2-6-4-3-5-1/h1-7,9-10H,8,11-16H2,(H2,26,28,29);1-4H2. The molecule has 0 bridgehead atoms. The molecule has 2 aliphatic rings. The normalized spacial score (nSPS) is 16.4. The summed E-state index contributed by atoms with van der Waals surface area (Å²) in [4.78, 5) is 16.3. The number of thiazole rings is 1. The van der Waals surface area contributed by atoms with Crippen LogP contribution in [0.25, 0.3) is 10.3 Å². The number of piperazine rings is 1. The van der Waals surface area contributed by atoms with E-state index in [0.29, 0.717) is 48.8 Å². The smallest absolute Gasteiger partial charge is 0.223 e. The lowest BCUT2D eigenvalue weighted by Gasteiger charge is -2.34. The molecule has 2 N–H and O–H groups in total. The zero-order chi connectivity index (χ0) is 28.7. The Kier molecular flexibility index (Phi) is 9.72. The quantitative estimate of drug-likeness (QED) is 0.340. The molecule has 2 aromatic heterocycles. The second kappa shape index (κ2) is 13.6. The zero-order valence-electron chi connectivity index (χ0n) is 22.6. The van der Waals surface area contributed by atoms with E-state index in [1.807, 2.05) is 35.2 Å². The Hall–Kier alpha value is -3.23. The predicted octanol–water partition coefficient (Wildman–Crippen LogP) is 3.28. The summed E-state index contributed by atoms with van der Waals surface area (Å²) in [6.07, 6.45) is 1.42. The fourth-order valence-electron chi connectivity index (χ4n) is 4.59. The number of ether oxygens (including phenoxy) is 2. The van der Waals surface area contributed by atoms with E-state index < -0.39 is 10.0 Å². The highest BCUT2D eigenvalue weighted by Gasteiger charge is 2.29. The summed E-state index contributed by atoms with van der Waals surface area (Å²) in [6.45, 7) is 4.81. The minimum absolute atomic E-state index is 0.0119. The molecule has 0 saturated carbocycles. The van der Waals surface area contributed by atoms with Crippen LogP contribution < -0.4 is 10.6 Å². The highest BCUT2D eigenvalue weighted by Crippen LogP contribution is 2.30. The molecular formula is C28H33FN6O4S2. The molecule has 2 saturated heterocycles. The first-order valence-electron chi connectivity index (χ1n) is 13.5. The van der Waals surface area contributed by atoms with E-state index in [1.165, 1.54) is 27.8 Å². The summed E-state index contributed by atoms with van der Waals surface area (Å²) in [5, 5.41) is 0.898. The summed E-state index contributed by atoms with van der Waals surface area (Å²) in [7, 11) is -3.41. The van der Waals surface area contributed by atoms with E-state index in [4.69, 9.17) is 20.2 Å². The maximum atomic E-state index is 13.2. The molecule has 2 aliphatic heterocycles. The number of aryl methyl sites for hydroxylation is 2. The van der Waals surface area contributed by atoms with Gasteiger partial charge in [-0.25, -0.2) is 22.8 Å². The van der Waals surface area contributed by atoms with Gasteiger partial charge < -0.3 is 20.1 Å². The Morgan fingerprint density at radius 3 is 2.12 bits per heavy atom. The Bertz CT molecular complexity index is 1510. The van der Waals surface area contributed by atoms with Crippen LogP contribution in [0.5, 0.6) is 0 Å². The second-order valence-corrected chi connectivity index (χ2v) is 12.7. The van der Waals surface area contributed by atoms with Crippen LogP contribution in [0.1, 0.15) is 16.1 Å². The van der Waals surface area contributed by atoms with E-state index in [2.05, 4.69) is 9.97 Å². The van der Waals surface area contributed by atoms with Crippen molar-refractivity contribution in [3.63, 3.8) is 0 Å². The van der Waals surface area contributed by atoms with Crippen LogP contribution in [0, 0.1) is 5.82 Å². The summed E-state index contributed by atoms with van der Waals surface area (Å²) in [5.74, 6) is 0.538. The van der Waals surface area contributed by atoms with Gasteiger partial charge in [-0.2, -0.15) is 9.29 Å². The van der Waals surface area contributed by atoms with Gasteiger partial charge in [0.25, 0.3) is 0 Å². The highest BCUT2D eigenvalue weighted by atomic mass is 32.2. The van der Waals surface area contributed by atoms with Gasteiger partial charge in [0.15, 0.2) is 10.6 Å². The molecule has 4 aromatic rings. The number of hydrogen-bond donors (Lipinski definition) is 1. The molecule has 13 heteroatoms. The molecule has 0 radical (unpaired) electrons. The van der Waals surface area contributed by atoms with Crippen molar-refractivity contribution >= 4 is 43.5 Å². The van der Waals surface area contributed by atoms with Crippen molar-refractivity contribution in [1.82, 2.24) is 19.3 Å². The van der Waals surface area contributed by atoms with E-state index in [0.717, 1.165) is 49.0 Å². The average molecular weight is 601 g/mol. The third-order valence-electron chi connectivity index (χ3n) is 6.71. The third kappa shape index (κ3) is 7.95. The number of rotatable bonds is 7. The van der Waals surface area contributed by atoms with Gasteiger partial charge in [0, 0.05) is 32.6 Å². The number of benzene rings is 2. The van der Waals surface area contributed by atoms with Crippen molar-refractivity contribution in [2.75, 3.05) is 63.2 Å².